The van der Waals surface area contributed by atoms with Gasteiger partial charge in [0.05, 0.1) is 11.9 Å². The van der Waals surface area contributed by atoms with Crippen molar-refractivity contribution < 1.29 is 0 Å². The van der Waals surface area contributed by atoms with E-state index in [1.54, 1.807) is 4.68 Å². The van der Waals surface area contributed by atoms with Gasteiger partial charge in [0.25, 0.3) is 0 Å². The third kappa shape index (κ3) is 1.87. The lowest BCUT2D eigenvalue weighted by Gasteiger charge is -2.07. The molecule has 3 heteroatoms. The first kappa shape index (κ1) is 9.90. The Morgan fingerprint density at radius 1 is 1.06 bits per heavy atom. The standard InChI is InChI=1S/C14H13N3/c1-17-10-12(9-15-17)16-14-8-4-6-11-5-2-3-7-13(11)14/h2-10,16H,1H3. The quantitative estimate of drug-likeness (QED) is 0.722. The van der Waals surface area contributed by atoms with E-state index in [4.69, 9.17) is 0 Å². The SMILES string of the molecule is Cn1cc(Nc2cccc3ccccc23)cn1. The third-order valence-corrected chi connectivity index (χ3v) is 2.77. The highest BCUT2D eigenvalue weighted by molar-refractivity contribution is 5.95. The van der Waals surface area contributed by atoms with Crippen LogP contribution in [0.2, 0.25) is 0 Å². The van der Waals surface area contributed by atoms with Crippen LogP contribution in [0.5, 0.6) is 0 Å². The number of aryl methyl sites for hydroxylation is 1. The van der Waals surface area contributed by atoms with Crippen molar-refractivity contribution in [2.24, 2.45) is 7.05 Å². The smallest absolute Gasteiger partial charge is 0.0770 e. The van der Waals surface area contributed by atoms with Gasteiger partial charge in [0, 0.05) is 24.3 Å². The number of fused-ring (bicyclic) bond motifs is 1. The van der Waals surface area contributed by atoms with Gasteiger partial charge in [0.2, 0.25) is 0 Å². The third-order valence-electron chi connectivity index (χ3n) is 2.77. The van der Waals surface area contributed by atoms with Crippen LogP contribution in [0.3, 0.4) is 0 Å². The van der Waals surface area contributed by atoms with Crippen LogP contribution in [0.15, 0.2) is 54.9 Å². The summed E-state index contributed by atoms with van der Waals surface area (Å²) in [7, 11) is 1.91. The van der Waals surface area contributed by atoms with Gasteiger partial charge in [-0.1, -0.05) is 36.4 Å². The van der Waals surface area contributed by atoms with E-state index in [1.807, 2.05) is 19.4 Å². The summed E-state index contributed by atoms with van der Waals surface area (Å²) in [4.78, 5) is 0. The summed E-state index contributed by atoms with van der Waals surface area (Å²) in [6.45, 7) is 0. The Morgan fingerprint density at radius 2 is 1.88 bits per heavy atom. The van der Waals surface area contributed by atoms with Gasteiger partial charge in [-0.05, 0) is 11.5 Å². The molecule has 84 valence electrons. The zero-order valence-corrected chi connectivity index (χ0v) is 9.59. The molecule has 0 aliphatic rings. The van der Waals surface area contributed by atoms with E-state index >= 15 is 0 Å². The molecule has 0 radical (unpaired) electrons. The van der Waals surface area contributed by atoms with E-state index in [2.05, 4.69) is 52.9 Å². The highest BCUT2D eigenvalue weighted by atomic mass is 15.3. The average molecular weight is 223 g/mol. The normalized spacial score (nSPS) is 10.6. The summed E-state index contributed by atoms with van der Waals surface area (Å²) >= 11 is 0. The van der Waals surface area contributed by atoms with Crippen molar-refractivity contribution in [1.29, 1.82) is 0 Å². The molecule has 3 rings (SSSR count). The first-order chi connectivity index (χ1) is 8.33. The summed E-state index contributed by atoms with van der Waals surface area (Å²) in [5, 5.41) is 9.99. The van der Waals surface area contributed by atoms with Crippen LogP contribution in [0.25, 0.3) is 10.8 Å². The first-order valence-electron chi connectivity index (χ1n) is 5.56. The molecule has 3 nitrogen and oxygen atoms in total. The van der Waals surface area contributed by atoms with Gasteiger partial charge in [-0.15, -0.1) is 0 Å². The molecule has 0 fully saturated rings. The molecule has 1 N–H and O–H groups in total. The lowest BCUT2D eigenvalue weighted by molar-refractivity contribution is 0.768. The summed E-state index contributed by atoms with van der Waals surface area (Å²) in [5.41, 5.74) is 2.11. The Balaban J connectivity index is 2.05. The Morgan fingerprint density at radius 3 is 2.71 bits per heavy atom. The number of hydrogen-bond donors (Lipinski definition) is 1. The van der Waals surface area contributed by atoms with Gasteiger partial charge in [0.15, 0.2) is 0 Å². The fourth-order valence-electron chi connectivity index (χ4n) is 1.98. The van der Waals surface area contributed by atoms with E-state index in [-0.39, 0.29) is 0 Å². The van der Waals surface area contributed by atoms with Gasteiger partial charge >= 0.3 is 0 Å². The van der Waals surface area contributed by atoms with Gasteiger partial charge < -0.3 is 5.32 Å². The maximum atomic E-state index is 4.15. The van der Waals surface area contributed by atoms with E-state index < -0.39 is 0 Å². The van der Waals surface area contributed by atoms with Crippen molar-refractivity contribution in [2.75, 3.05) is 5.32 Å². The van der Waals surface area contributed by atoms with Gasteiger partial charge in [-0.2, -0.15) is 5.10 Å². The molecule has 0 atom stereocenters. The van der Waals surface area contributed by atoms with Crippen LogP contribution in [-0.4, -0.2) is 9.78 Å². The molecule has 0 saturated carbocycles. The fourth-order valence-corrected chi connectivity index (χ4v) is 1.98. The van der Waals surface area contributed by atoms with Crippen LogP contribution < -0.4 is 5.32 Å². The molecule has 2 aromatic carbocycles. The topological polar surface area (TPSA) is 29.9 Å². The predicted octanol–water partition coefficient (Wildman–Crippen LogP) is 3.32. The number of nitrogens with one attached hydrogen (secondary N) is 1. The molecule has 17 heavy (non-hydrogen) atoms. The van der Waals surface area contributed by atoms with Crippen LogP contribution in [0.4, 0.5) is 11.4 Å². The number of rotatable bonds is 2. The maximum Gasteiger partial charge on any atom is 0.0770 e. The van der Waals surface area contributed by atoms with E-state index in [9.17, 15) is 0 Å². The molecule has 0 spiro atoms. The van der Waals surface area contributed by atoms with Gasteiger partial charge in [-0.3, -0.25) is 4.68 Å². The zero-order valence-electron chi connectivity index (χ0n) is 9.59. The molecule has 3 aromatic rings. The Kier molecular flexibility index (Phi) is 2.29. The summed E-state index contributed by atoms with van der Waals surface area (Å²) in [6, 6.07) is 14.6. The van der Waals surface area contributed by atoms with Crippen molar-refractivity contribution in [2.45, 2.75) is 0 Å². The van der Waals surface area contributed by atoms with Gasteiger partial charge in [0.1, 0.15) is 0 Å². The highest BCUT2D eigenvalue weighted by Gasteiger charge is 2.01. The predicted molar refractivity (Wildman–Crippen MR) is 70.4 cm³/mol. The molecule has 0 unspecified atom stereocenters. The van der Waals surface area contributed by atoms with Crippen molar-refractivity contribution >= 4 is 22.1 Å². The summed E-state index contributed by atoms with van der Waals surface area (Å²) in [5.74, 6) is 0. The van der Waals surface area contributed by atoms with Crippen molar-refractivity contribution in [3.05, 3.63) is 54.9 Å². The molecule has 1 heterocycles. The van der Waals surface area contributed by atoms with Crippen molar-refractivity contribution in [1.82, 2.24) is 9.78 Å². The number of nitrogens with zero attached hydrogens (tertiary/aromatic N) is 2. The summed E-state index contributed by atoms with van der Waals surface area (Å²) in [6.07, 6.45) is 3.78. The van der Waals surface area contributed by atoms with Crippen LogP contribution in [0, 0.1) is 0 Å². The maximum absolute atomic E-state index is 4.15. The van der Waals surface area contributed by atoms with Crippen LogP contribution in [-0.2, 0) is 7.05 Å². The minimum atomic E-state index is 1.00. The summed E-state index contributed by atoms with van der Waals surface area (Å²) < 4.78 is 1.79. The zero-order chi connectivity index (χ0) is 11.7. The number of anilines is 2. The lowest BCUT2D eigenvalue weighted by Crippen LogP contribution is -1.90. The molecule has 0 amide bonds. The molecular weight excluding hydrogens is 210 g/mol. The Hall–Kier alpha value is -2.29. The molecule has 0 aliphatic heterocycles. The first-order valence-corrected chi connectivity index (χ1v) is 5.56. The van der Waals surface area contributed by atoms with Crippen LogP contribution >= 0.6 is 0 Å². The van der Waals surface area contributed by atoms with E-state index in [0.717, 1.165) is 11.4 Å². The molecule has 0 saturated heterocycles. The minimum absolute atomic E-state index is 1.00. The average Bonchev–Trinajstić information content (AvgIpc) is 2.75. The molecular formula is C14H13N3. The van der Waals surface area contributed by atoms with E-state index in [0.29, 0.717) is 0 Å². The largest absolute Gasteiger partial charge is 0.352 e. The fraction of sp³-hybridized carbons (Fsp3) is 0.0714. The van der Waals surface area contributed by atoms with Gasteiger partial charge in [-0.25, -0.2) is 0 Å². The monoisotopic (exact) mass is 223 g/mol. The second-order valence-corrected chi connectivity index (χ2v) is 4.05. The van der Waals surface area contributed by atoms with Crippen molar-refractivity contribution in [3.8, 4) is 0 Å². The second-order valence-electron chi connectivity index (χ2n) is 4.05. The highest BCUT2D eigenvalue weighted by Crippen LogP contribution is 2.25. The van der Waals surface area contributed by atoms with Crippen LogP contribution in [0.1, 0.15) is 0 Å². The Bertz CT molecular complexity index is 650. The Labute approximate surface area is 99.7 Å². The number of hydrogen-bond acceptors (Lipinski definition) is 2. The molecule has 0 bridgehead atoms. The molecule has 0 aliphatic carbocycles. The lowest BCUT2D eigenvalue weighted by atomic mass is 10.1. The number of benzene rings is 2. The molecule has 1 aromatic heterocycles. The number of aromatic nitrogens is 2. The minimum Gasteiger partial charge on any atom is -0.352 e. The second kappa shape index (κ2) is 3.94. The van der Waals surface area contributed by atoms with E-state index in [1.165, 1.54) is 10.8 Å². The van der Waals surface area contributed by atoms with Crippen molar-refractivity contribution in [3.63, 3.8) is 0 Å².